The Morgan fingerprint density at radius 2 is 1.15 bits per heavy atom. The Hall–Kier alpha value is -2.91. The summed E-state index contributed by atoms with van der Waals surface area (Å²) in [5.74, 6) is -6.85. The first-order valence-corrected chi connectivity index (χ1v) is 11.3. The molecule has 1 unspecified atom stereocenters. The summed E-state index contributed by atoms with van der Waals surface area (Å²) >= 11 is 1.15. The normalized spacial score (nSPS) is 13.4. The molecule has 2 N–H and O–H groups in total. The first kappa shape index (κ1) is 25.7. The van der Waals surface area contributed by atoms with E-state index in [2.05, 4.69) is 0 Å². The molecule has 0 aromatic heterocycles. The second-order valence-corrected chi connectivity index (χ2v) is 8.80. The number of carboxylic acids is 1. The second-order valence-electron chi connectivity index (χ2n) is 7.56. The lowest BCUT2D eigenvalue weighted by atomic mass is 9.84. The summed E-state index contributed by atoms with van der Waals surface area (Å²) in [6.07, 6.45) is -5.78. The summed E-state index contributed by atoms with van der Waals surface area (Å²) in [5.41, 5.74) is 2.42. The van der Waals surface area contributed by atoms with E-state index in [0.717, 1.165) is 28.5 Å². The third-order valence-electron chi connectivity index (χ3n) is 5.29. The molecule has 0 aliphatic heterocycles. The monoisotopic (exact) mass is 495 g/mol. The summed E-state index contributed by atoms with van der Waals surface area (Å²) in [5, 5.41) is 11.5. The third-order valence-corrected chi connectivity index (χ3v) is 6.93. The average Bonchev–Trinajstić information content (AvgIpc) is 2.82. The van der Waals surface area contributed by atoms with Gasteiger partial charge in [-0.3, -0.25) is 10.1 Å². The van der Waals surface area contributed by atoms with Crippen molar-refractivity contribution in [2.45, 2.75) is 22.9 Å². The molecule has 34 heavy (non-hydrogen) atoms. The van der Waals surface area contributed by atoms with E-state index >= 15 is 0 Å². The van der Waals surface area contributed by atoms with Gasteiger partial charge >= 0.3 is 18.1 Å². The third kappa shape index (κ3) is 5.59. The van der Waals surface area contributed by atoms with Crippen molar-refractivity contribution in [3.8, 4) is 0 Å². The maximum absolute atomic E-state index is 13.4. The van der Waals surface area contributed by atoms with Crippen LogP contribution in [0.15, 0.2) is 91.0 Å². The molecule has 0 amide bonds. The number of halogens is 5. The van der Waals surface area contributed by atoms with Crippen LogP contribution in [0.5, 0.6) is 0 Å². The molecule has 3 aromatic rings. The van der Waals surface area contributed by atoms with Gasteiger partial charge in [0, 0.05) is 5.75 Å². The van der Waals surface area contributed by atoms with Gasteiger partial charge in [-0.1, -0.05) is 91.0 Å². The van der Waals surface area contributed by atoms with E-state index in [-0.39, 0.29) is 5.75 Å². The highest BCUT2D eigenvalue weighted by atomic mass is 32.2. The zero-order valence-corrected chi connectivity index (χ0v) is 18.6. The molecule has 3 rings (SSSR count). The van der Waals surface area contributed by atoms with E-state index in [1.54, 1.807) is 0 Å². The van der Waals surface area contributed by atoms with Crippen LogP contribution in [0.2, 0.25) is 0 Å². The lowest BCUT2D eigenvalue weighted by Gasteiger charge is -2.36. The highest BCUT2D eigenvalue weighted by Gasteiger charge is 2.57. The Kier molecular flexibility index (Phi) is 7.99. The molecular formula is C25H22F5NO2S. The Balaban J connectivity index is 2.01. The number of carbonyl (C=O) groups is 1. The first-order valence-electron chi connectivity index (χ1n) is 10.3. The number of alkyl halides is 5. The Bertz CT molecular complexity index is 966. The van der Waals surface area contributed by atoms with E-state index in [0.29, 0.717) is 0 Å². The Labute approximate surface area is 198 Å². The average molecular weight is 496 g/mol. The minimum absolute atomic E-state index is 0.276. The number of hydrogen-bond acceptors (Lipinski definition) is 3. The molecule has 0 aliphatic carbocycles. The summed E-state index contributed by atoms with van der Waals surface area (Å²) in [7, 11) is 0. The van der Waals surface area contributed by atoms with E-state index in [4.69, 9.17) is 0 Å². The lowest BCUT2D eigenvalue weighted by molar-refractivity contribution is -0.279. The number of thioether (sulfide) groups is 1. The number of nitrogens with one attached hydrogen (secondary N) is 1. The largest absolute Gasteiger partial charge is 0.480 e. The highest BCUT2D eigenvalue weighted by Crippen LogP contribution is 2.48. The second kappa shape index (κ2) is 10.6. The molecule has 3 nitrogen and oxygen atoms in total. The summed E-state index contributed by atoms with van der Waals surface area (Å²) in [6, 6.07) is 26.0. The van der Waals surface area contributed by atoms with Crippen LogP contribution in [0.3, 0.4) is 0 Å². The highest BCUT2D eigenvalue weighted by molar-refractivity contribution is 8.00. The van der Waals surface area contributed by atoms with Gasteiger partial charge in [0.1, 0.15) is 6.04 Å². The molecule has 0 bridgehead atoms. The van der Waals surface area contributed by atoms with Gasteiger partial charge < -0.3 is 5.11 Å². The van der Waals surface area contributed by atoms with Crippen molar-refractivity contribution >= 4 is 17.7 Å². The summed E-state index contributed by atoms with van der Waals surface area (Å²) in [6.45, 7) is -1.83. The van der Waals surface area contributed by atoms with Crippen LogP contribution < -0.4 is 5.32 Å². The van der Waals surface area contributed by atoms with Crippen molar-refractivity contribution in [3.05, 3.63) is 108 Å². The zero-order valence-electron chi connectivity index (χ0n) is 17.8. The van der Waals surface area contributed by atoms with Gasteiger partial charge in [-0.05, 0) is 16.7 Å². The maximum Gasteiger partial charge on any atom is 0.454 e. The van der Waals surface area contributed by atoms with Crippen LogP contribution >= 0.6 is 11.8 Å². The summed E-state index contributed by atoms with van der Waals surface area (Å²) < 4.78 is 63.7. The molecule has 0 aliphatic rings. The van der Waals surface area contributed by atoms with Crippen molar-refractivity contribution in [1.29, 1.82) is 0 Å². The van der Waals surface area contributed by atoms with Gasteiger partial charge in [0.2, 0.25) is 0 Å². The number of carboxylic acid groups (broad SMARTS) is 1. The molecule has 9 heteroatoms. The fourth-order valence-electron chi connectivity index (χ4n) is 3.55. The molecule has 0 radical (unpaired) electrons. The van der Waals surface area contributed by atoms with Crippen molar-refractivity contribution in [3.63, 3.8) is 0 Å². The van der Waals surface area contributed by atoms with Crippen molar-refractivity contribution in [1.82, 2.24) is 5.32 Å². The summed E-state index contributed by atoms with van der Waals surface area (Å²) in [4.78, 5) is 11.8. The van der Waals surface area contributed by atoms with Crippen LogP contribution in [0, 0.1) is 0 Å². The lowest BCUT2D eigenvalue weighted by Crippen LogP contribution is -2.51. The minimum atomic E-state index is -5.78. The van der Waals surface area contributed by atoms with Crippen LogP contribution in [0.4, 0.5) is 22.0 Å². The quantitative estimate of drug-likeness (QED) is 0.270. The van der Waals surface area contributed by atoms with Crippen LogP contribution in [-0.4, -0.2) is 41.5 Å². The standard InChI is InChI=1S/C25H22F5NO2S/c26-23(27,25(28,29)30)17-31-21(22(32)33)16-34-24(18-10-4-1-5-11-18,19-12-6-2-7-13-19)20-14-8-3-9-15-20/h1-15,21,31H,16-17H2,(H,32,33). The number of aliphatic carboxylic acids is 1. The maximum atomic E-state index is 13.4. The van der Waals surface area contributed by atoms with E-state index in [9.17, 15) is 31.9 Å². The van der Waals surface area contributed by atoms with E-state index < -0.39 is 35.4 Å². The topological polar surface area (TPSA) is 49.3 Å². The predicted molar refractivity (Wildman–Crippen MR) is 122 cm³/mol. The van der Waals surface area contributed by atoms with Gasteiger partial charge in [-0.15, -0.1) is 11.8 Å². The molecule has 0 saturated carbocycles. The molecule has 180 valence electrons. The molecule has 0 fully saturated rings. The number of rotatable bonds is 10. The van der Waals surface area contributed by atoms with Crippen molar-refractivity contribution < 1.29 is 31.9 Å². The molecule has 0 saturated heterocycles. The molecule has 1 atom stereocenters. The van der Waals surface area contributed by atoms with Crippen molar-refractivity contribution in [2.24, 2.45) is 0 Å². The number of hydrogen-bond donors (Lipinski definition) is 2. The van der Waals surface area contributed by atoms with Crippen molar-refractivity contribution in [2.75, 3.05) is 12.3 Å². The fraction of sp³-hybridized carbons (Fsp3) is 0.240. The smallest absolute Gasteiger partial charge is 0.454 e. The fourth-order valence-corrected chi connectivity index (χ4v) is 5.13. The predicted octanol–water partition coefficient (Wildman–Crippen LogP) is 5.95. The SMILES string of the molecule is O=C(O)C(CSC(c1ccccc1)(c1ccccc1)c1ccccc1)NCC(F)(F)C(F)(F)F. The molecular weight excluding hydrogens is 473 g/mol. The van der Waals surface area contributed by atoms with Gasteiger partial charge in [0.25, 0.3) is 0 Å². The van der Waals surface area contributed by atoms with Crippen LogP contribution in [0.25, 0.3) is 0 Å². The molecule has 3 aromatic carbocycles. The van der Waals surface area contributed by atoms with Crippen LogP contribution in [-0.2, 0) is 9.54 Å². The molecule has 0 spiro atoms. The number of benzene rings is 3. The Morgan fingerprint density at radius 3 is 1.47 bits per heavy atom. The zero-order chi connectivity index (χ0) is 24.8. The molecule has 0 heterocycles. The minimum Gasteiger partial charge on any atom is -0.480 e. The van der Waals surface area contributed by atoms with Crippen LogP contribution in [0.1, 0.15) is 16.7 Å². The van der Waals surface area contributed by atoms with Gasteiger partial charge in [0.15, 0.2) is 0 Å². The Morgan fingerprint density at radius 1 is 0.765 bits per heavy atom. The van der Waals surface area contributed by atoms with Gasteiger partial charge in [0.05, 0.1) is 11.3 Å². The van der Waals surface area contributed by atoms with Gasteiger partial charge in [-0.2, -0.15) is 22.0 Å². The van der Waals surface area contributed by atoms with E-state index in [1.165, 1.54) is 0 Å². The first-order chi connectivity index (χ1) is 16.1. The van der Waals surface area contributed by atoms with Gasteiger partial charge in [-0.25, -0.2) is 0 Å². The van der Waals surface area contributed by atoms with E-state index in [1.807, 2.05) is 96.3 Å².